The third kappa shape index (κ3) is 9.99. The molecular weight excluding hydrogens is 184 g/mol. The predicted octanol–water partition coefficient (Wildman–Crippen LogP) is 4.57. The summed E-state index contributed by atoms with van der Waals surface area (Å²) in [5.41, 5.74) is 0.108. The summed E-state index contributed by atoms with van der Waals surface area (Å²) in [6.07, 6.45) is 5.44. The van der Waals surface area contributed by atoms with Crippen molar-refractivity contribution in [1.82, 2.24) is 0 Å². The highest BCUT2D eigenvalue weighted by Gasteiger charge is 2.24. The molecule has 0 amide bonds. The lowest BCUT2D eigenvalue weighted by molar-refractivity contribution is -0.110. The van der Waals surface area contributed by atoms with Crippen LogP contribution in [0.2, 0.25) is 0 Å². The highest BCUT2D eigenvalue weighted by atomic mass is 16.5. The van der Waals surface area contributed by atoms with Crippen LogP contribution in [0.3, 0.4) is 0 Å². The van der Waals surface area contributed by atoms with Crippen LogP contribution in [0.4, 0.5) is 0 Å². The Bertz CT molecular complexity index is 210. The van der Waals surface area contributed by atoms with Crippen molar-refractivity contribution in [2.24, 2.45) is 5.41 Å². The average molecular weight is 212 g/mol. The van der Waals surface area contributed by atoms with Gasteiger partial charge in [-0.15, -0.1) is 0 Å². The van der Waals surface area contributed by atoms with Crippen LogP contribution in [0.5, 0.6) is 0 Å². The van der Waals surface area contributed by atoms with Crippen molar-refractivity contribution in [3.63, 3.8) is 0 Å². The second kappa shape index (κ2) is 4.69. The van der Waals surface area contributed by atoms with Crippen LogP contribution < -0.4 is 0 Å². The molecule has 0 aliphatic heterocycles. The number of hydrogen-bond donors (Lipinski definition) is 0. The van der Waals surface area contributed by atoms with Crippen molar-refractivity contribution >= 4 is 0 Å². The van der Waals surface area contributed by atoms with Gasteiger partial charge in [-0.1, -0.05) is 32.9 Å². The van der Waals surface area contributed by atoms with Crippen molar-refractivity contribution in [1.29, 1.82) is 0 Å². The molecule has 0 fully saturated rings. The maximum atomic E-state index is 5.99. The fourth-order valence-corrected chi connectivity index (χ4v) is 1.57. The van der Waals surface area contributed by atoms with Gasteiger partial charge in [0.2, 0.25) is 0 Å². The normalized spacial score (nSPS) is 14.9. The van der Waals surface area contributed by atoms with E-state index in [0.29, 0.717) is 0 Å². The molecule has 0 N–H and O–H groups in total. The minimum Gasteiger partial charge on any atom is -0.370 e. The Labute approximate surface area is 95.9 Å². The summed E-state index contributed by atoms with van der Waals surface area (Å²) in [6, 6.07) is 0. The molecule has 0 radical (unpaired) electrons. The monoisotopic (exact) mass is 212 g/mol. The molecule has 0 unspecified atom stereocenters. The van der Waals surface area contributed by atoms with Gasteiger partial charge in [-0.2, -0.15) is 0 Å². The Morgan fingerprint density at radius 3 is 1.67 bits per heavy atom. The molecule has 0 bridgehead atoms. The van der Waals surface area contributed by atoms with E-state index in [4.69, 9.17) is 4.74 Å². The van der Waals surface area contributed by atoms with E-state index in [-0.39, 0.29) is 16.6 Å². The highest BCUT2D eigenvalue weighted by molar-refractivity contribution is 4.95. The first-order valence-electron chi connectivity index (χ1n) is 5.79. The van der Waals surface area contributed by atoms with Gasteiger partial charge in [-0.25, -0.2) is 0 Å². The number of hydrogen-bond acceptors (Lipinski definition) is 1. The second-order valence-electron chi connectivity index (χ2n) is 6.95. The lowest BCUT2D eigenvalue weighted by Gasteiger charge is -2.33. The Hall–Kier alpha value is -0.300. The fraction of sp³-hybridized carbons (Fsp3) is 0.857. The molecule has 0 aromatic rings. The summed E-state index contributed by atoms with van der Waals surface area (Å²) >= 11 is 0. The van der Waals surface area contributed by atoms with Gasteiger partial charge in [0.15, 0.2) is 0 Å². The van der Waals surface area contributed by atoms with Gasteiger partial charge in [0.25, 0.3) is 0 Å². The molecule has 0 aromatic heterocycles. The van der Waals surface area contributed by atoms with Gasteiger partial charge in [-0.05, 0) is 46.5 Å². The van der Waals surface area contributed by atoms with Crippen molar-refractivity contribution < 1.29 is 4.74 Å². The summed E-state index contributed by atoms with van der Waals surface area (Å²) in [6.45, 7) is 17.2. The van der Waals surface area contributed by atoms with Crippen LogP contribution in [0.1, 0.15) is 61.8 Å². The van der Waals surface area contributed by atoms with Crippen molar-refractivity contribution in [2.75, 3.05) is 0 Å². The molecule has 0 aliphatic carbocycles. The molecule has 0 atom stereocenters. The molecule has 15 heavy (non-hydrogen) atoms. The summed E-state index contributed by atoms with van der Waals surface area (Å²) < 4.78 is 5.99. The molecule has 0 aromatic carbocycles. The van der Waals surface area contributed by atoms with E-state index in [1.54, 1.807) is 0 Å². The fourth-order valence-electron chi connectivity index (χ4n) is 1.57. The molecule has 0 saturated carbocycles. The van der Waals surface area contributed by atoms with E-state index in [0.717, 1.165) is 6.42 Å². The Kier molecular flexibility index (Phi) is 4.60. The Morgan fingerprint density at radius 2 is 1.33 bits per heavy atom. The predicted molar refractivity (Wildman–Crippen MR) is 68.1 cm³/mol. The summed E-state index contributed by atoms with van der Waals surface area (Å²) in [5, 5.41) is 0. The first-order valence-corrected chi connectivity index (χ1v) is 5.79. The molecule has 0 spiro atoms. The van der Waals surface area contributed by atoms with E-state index in [1.807, 2.05) is 0 Å². The van der Waals surface area contributed by atoms with Crippen LogP contribution in [-0.2, 0) is 4.74 Å². The molecule has 1 heteroatoms. The molecule has 0 heterocycles. The lowest BCUT2D eigenvalue weighted by Crippen LogP contribution is -2.34. The van der Waals surface area contributed by atoms with Gasteiger partial charge in [-0.3, -0.25) is 0 Å². The maximum absolute atomic E-state index is 5.99. The van der Waals surface area contributed by atoms with Crippen LogP contribution in [0, 0.1) is 5.41 Å². The third-order valence-corrected chi connectivity index (χ3v) is 1.81. The molecule has 1 nitrogen and oxygen atoms in total. The van der Waals surface area contributed by atoms with Gasteiger partial charge < -0.3 is 4.74 Å². The zero-order valence-corrected chi connectivity index (χ0v) is 11.8. The first-order chi connectivity index (χ1) is 6.41. The summed E-state index contributed by atoms with van der Waals surface area (Å²) in [5.74, 6) is 0. The Balaban J connectivity index is 4.22. The van der Waals surface area contributed by atoms with Crippen LogP contribution in [0.25, 0.3) is 0 Å². The quantitative estimate of drug-likeness (QED) is 0.623. The van der Waals surface area contributed by atoms with Crippen LogP contribution >= 0.6 is 0 Å². The van der Waals surface area contributed by atoms with E-state index in [9.17, 15) is 0 Å². The Morgan fingerprint density at radius 1 is 0.867 bits per heavy atom. The first kappa shape index (κ1) is 14.7. The largest absolute Gasteiger partial charge is 0.370 e. The maximum Gasteiger partial charge on any atom is 0.0667 e. The number of rotatable bonds is 3. The van der Waals surface area contributed by atoms with Gasteiger partial charge >= 0.3 is 0 Å². The van der Waals surface area contributed by atoms with Crippen LogP contribution in [-0.4, -0.2) is 11.2 Å². The minimum atomic E-state index is -0.0833. The van der Waals surface area contributed by atoms with Gasteiger partial charge in [0, 0.05) is 0 Å². The topological polar surface area (TPSA) is 9.23 Å². The molecule has 0 rings (SSSR count). The molecule has 90 valence electrons. The zero-order chi connectivity index (χ0) is 12.3. The number of allylic oxidation sites excluding steroid dienone is 1. The van der Waals surface area contributed by atoms with Crippen molar-refractivity contribution in [2.45, 2.75) is 73.0 Å². The lowest BCUT2D eigenvalue weighted by atomic mass is 9.94. The molecular formula is C14H28O. The highest BCUT2D eigenvalue weighted by Crippen LogP contribution is 2.24. The molecule has 0 saturated heterocycles. The minimum absolute atomic E-state index is 0.0704. The van der Waals surface area contributed by atoms with Crippen LogP contribution in [0.15, 0.2) is 12.2 Å². The summed E-state index contributed by atoms with van der Waals surface area (Å²) in [4.78, 5) is 0. The SMILES string of the molecule is CC(C)(C)/C=C/CC(C)(C)OC(C)(C)C. The molecule has 0 aliphatic rings. The smallest absolute Gasteiger partial charge is 0.0667 e. The summed E-state index contributed by atoms with van der Waals surface area (Å²) in [7, 11) is 0. The van der Waals surface area contributed by atoms with E-state index < -0.39 is 0 Å². The van der Waals surface area contributed by atoms with E-state index in [1.165, 1.54) is 0 Å². The van der Waals surface area contributed by atoms with E-state index in [2.05, 4.69) is 67.5 Å². The van der Waals surface area contributed by atoms with Crippen molar-refractivity contribution in [3.05, 3.63) is 12.2 Å². The zero-order valence-electron chi connectivity index (χ0n) is 11.8. The van der Waals surface area contributed by atoms with E-state index >= 15 is 0 Å². The average Bonchev–Trinajstić information content (AvgIpc) is 1.75. The van der Waals surface area contributed by atoms with Gasteiger partial charge in [0.1, 0.15) is 0 Å². The second-order valence-corrected chi connectivity index (χ2v) is 6.95. The third-order valence-electron chi connectivity index (χ3n) is 1.81. The number of ether oxygens (including phenoxy) is 1. The standard InChI is InChI=1S/C14H28O/c1-12(2,3)10-9-11-14(7,8)15-13(4,5)6/h9-10H,11H2,1-8H3/b10-9+. The van der Waals surface area contributed by atoms with Crippen molar-refractivity contribution in [3.8, 4) is 0 Å². The van der Waals surface area contributed by atoms with Gasteiger partial charge in [0.05, 0.1) is 11.2 Å².